The summed E-state index contributed by atoms with van der Waals surface area (Å²) >= 11 is 0. The topological polar surface area (TPSA) is 67.4 Å². The zero-order valence-electron chi connectivity index (χ0n) is 20.4. The number of ether oxygens (including phenoxy) is 3. The molecule has 2 aliphatic heterocycles. The van der Waals surface area contributed by atoms with E-state index in [0.29, 0.717) is 18.6 Å². The van der Waals surface area contributed by atoms with Gasteiger partial charge in [-0.15, -0.1) is 24.0 Å². The summed E-state index contributed by atoms with van der Waals surface area (Å²) in [7, 11) is 0. The van der Waals surface area contributed by atoms with Crippen molar-refractivity contribution < 1.29 is 14.2 Å². The van der Waals surface area contributed by atoms with Crippen LogP contribution in [0, 0.1) is 5.92 Å². The van der Waals surface area contributed by atoms with Crippen molar-refractivity contribution in [2.45, 2.75) is 52.3 Å². The van der Waals surface area contributed by atoms with Crippen LogP contribution >= 0.6 is 24.0 Å². The molecule has 0 amide bonds. The van der Waals surface area contributed by atoms with Crippen molar-refractivity contribution in [3.8, 4) is 0 Å². The predicted molar refractivity (Wildman–Crippen MR) is 144 cm³/mol. The molecule has 0 aliphatic carbocycles. The van der Waals surface area contributed by atoms with Crippen LogP contribution in [0.3, 0.4) is 0 Å². The Morgan fingerprint density at radius 1 is 1.18 bits per heavy atom. The van der Waals surface area contributed by atoms with Gasteiger partial charge in [-0.05, 0) is 50.2 Å². The number of hydrogen-bond acceptors (Lipinski definition) is 5. The van der Waals surface area contributed by atoms with Gasteiger partial charge in [-0.3, -0.25) is 4.90 Å². The van der Waals surface area contributed by atoms with Gasteiger partial charge in [-0.1, -0.05) is 24.3 Å². The Balaban J connectivity index is 0.00000385. The molecule has 2 saturated heterocycles. The summed E-state index contributed by atoms with van der Waals surface area (Å²) in [6.07, 6.45) is 3.54. The maximum absolute atomic E-state index is 5.86. The largest absolute Gasteiger partial charge is 0.381 e. The maximum atomic E-state index is 5.86. The predicted octanol–water partition coefficient (Wildman–Crippen LogP) is 3.41. The van der Waals surface area contributed by atoms with Crippen LogP contribution in [0.5, 0.6) is 0 Å². The summed E-state index contributed by atoms with van der Waals surface area (Å²) in [6.45, 7) is 13.8. The third kappa shape index (κ3) is 11.4. The minimum Gasteiger partial charge on any atom is -0.381 e. The van der Waals surface area contributed by atoms with Crippen LogP contribution < -0.4 is 10.6 Å². The van der Waals surface area contributed by atoms with Crippen molar-refractivity contribution in [2.75, 3.05) is 59.2 Å². The van der Waals surface area contributed by atoms with Crippen LogP contribution in [0.4, 0.5) is 0 Å². The molecule has 33 heavy (non-hydrogen) atoms. The van der Waals surface area contributed by atoms with Gasteiger partial charge in [0.05, 0.1) is 19.3 Å². The van der Waals surface area contributed by atoms with Gasteiger partial charge in [0.25, 0.3) is 0 Å². The lowest BCUT2D eigenvalue weighted by molar-refractivity contribution is -0.0212. The van der Waals surface area contributed by atoms with Crippen molar-refractivity contribution in [3.63, 3.8) is 0 Å². The second kappa shape index (κ2) is 16.6. The van der Waals surface area contributed by atoms with Crippen molar-refractivity contribution >= 4 is 29.9 Å². The highest BCUT2D eigenvalue weighted by atomic mass is 127. The molecule has 1 aromatic carbocycles. The zero-order chi connectivity index (χ0) is 22.4. The SMILES string of the molecule is CCNC(=NCc1cccc(CN2CCOC(C)C2)c1)NCCCOCC1CCOCC1.I. The molecule has 1 atom stereocenters. The van der Waals surface area contributed by atoms with Gasteiger partial charge in [0.2, 0.25) is 0 Å². The third-order valence-electron chi connectivity index (χ3n) is 5.94. The molecular formula is C25H43IN4O3. The normalized spacial score (nSPS) is 20.3. The van der Waals surface area contributed by atoms with Crippen LogP contribution in [0.1, 0.15) is 44.2 Å². The molecule has 3 rings (SSSR count). The van der Waals surface area contributed by atoms with Gasteiger partial charge in [-0.2, -0.15) is 0 Å². The molecule has 0 saturated carbocycles. The van der Waals surface area contributed by atoms with Gasteiger partial charge in [0.15, 0.2) is 5.96 Å². The molecule has 2 heterocycles. The van der Waals surface area contributed by atoms with E-state index in [2.05, 4.69) is 53.6 Å². The Morgan fingerprint density at radius 3 is 2.79 bits per heavy atom. The second-order valence-electron chi connectivity index (χ2n) is 8.84. The van der Waals surface area contributed by atoms with Crippen LogP contribution in [0.2, 0.25) is 0 Å². The molecule has 2 fully saturated rings. The average molecular weight is 575 g/mol. The first-order valence-electron chi connectivity index (χ1n) is 12.3. The Kier molecular flexibility index (Phi) is 14.3. The van der Waals surface area contributed by atoms with Crippen LogP contribution in [0.15, 0.2) is 29.3 Å². The Bertz CT molecular complexity index is 685. The van der Waals surface area contributed by atoms with E-state index in [1.807, 2.05) is 0 Å². The fourth-order valence-electron chi connectivity index (χ4n) is 4.17. The van der Waals surface area contributed by atoms with Crippen LogP contribution in [-0.4, -0.2) is 76.2 Å². The lowest BCUT2D eigenvalue weighted by Gasteiger charge is -2.31. The van der Waals surface area contributed by atoms with E-state index in [9.17, 15) is 0 Å². The number of rotatable bonds is 11. The Morgan fingerprint density at radius 2 is 2.00 bits per heavy atom. The molecule has 188 valence electrons. The molecular weight excluding hydrogens is 531 g/mol. The first-order valence-corrected chi connectivity index (χ1v) is 12.3. The monoisotopic (exact) mass is 574 g/mol. The summed E-state index contributed by atoms with van der Waals surface area (Å²) < 4.78 is 16.9. The van der Waals surface area contributed by atoms with Gasteiger partial charge in [0.1, 0.15) is 0 Å². The molecule has 1 unspecified atom stereocenters. The van der Waals surface area contributed by atoms with Crippen molar-refractivity contribution in [1.82, 2.24) is 15.5 Å². The standard InChI is InChI=1S/C25H42N4O3.HI/c1-3-26-25(27-10-5-12-31-20-22-8-13-30-14-9-22)28-17-23-6-4-7-24(16-23)19-29-11-15-32-21(2)18-29;/h4,6-7,16,21-22H,3,5,8-15,17-20H2,1-2H3,(H2,26,27,28);1H. The number of morpholine rings is 1. The highest BCUT2D eigenvalue weighted by Crippen LogP contribution is 2.15. The molecule has 0 aromatic heterocycles. The van der Waals surface area contributed by atoms with Gasteiger partial charge in [0, 0.05) is 59.2 Å². The average Bonchev–Trinajstić information content (AvgIpc) is 2.80. The van der Waals surface area contributed by atoms with Gasteiger partial charge in [-0.25, -0.2) is 4.99 Å². The minimum atomic E-state index is 0. The van der Waals surface area contributed by atoms with Gasteiger partial charge >= 0.3 is 0 Å². The van der Waals surface area contributed by atoms with Crippen molar-refractivity contribution in [1.29, 1.82) is 0 Å². The number of benzene rings is 1. The highest BCUT2D eigenvalue weighted by Gasteiger charge is 2.16. The summed E-state index contributed by atoms with van der Waals surface area (Å²) in [5.41, 5.74) is 2.58. The van der Waals surface area contributed by atoms with E-state index in [1.54, 1.807) is 0 Å². The molecule has 0 bridgehead atoms. The molecule has 1 aromatic rings. The number of hydrogen-bond donors (Lipinski definition) is 2. The van der Waals surface area contributed by atoms with E-state index in [0.717, 1.165) is 91.0 Å². The van der Waals surface area contributed by atoms with Crippen LogP contribution in [-0.2, 0) is 27.3 Å². The molecule has 7 nitrogen and oxygen atoms in total. The molecule has 8 heteroatoms. The van der Waals surface area contributed by atoms with Crippen molar-refractivity contribution in [2.24, 2.45) is 10.9 Å². The number of guanidine groups is 1. The summed E-state index contributed by atoms with van der Waals surface area (Å²) in [5, 5.41) is 6.77. The number of aliphatic imine (C=N–C) groups is 1. The van der Waals surface area contributed by atoms with Gasteiger partial charge < -0.3 is 24.8 Å². The quantitative estimate of drug-likeness (QED) is 0.183. The fraction of sp³-hybridized carbons (Fsp3) is 0.720. The number of nitrogens with zero attached hydrogens (tertiary/aromatic N) is 2. The first-order chi connectivity index (χ1) is 15.7. The van der Waals surface area contributed by atoms with E-state index in [1.165, 1.54) is 11.1 Å². The Labute approximate surface area is 217 Å². The second-order valence-corrected chi connectivity index (χ2v) is 8.84. The van der Waals surface area contributed by atoms with E-state index < -0.39 is 0 Å². The minimum absolute atomic E-state index is 0. The summed E-state index contributed by atoms with van der Waals surface area (Å²) in [4.78, 5) is 7.25. The van der Waals surface area contributed by atoms with Crippen LogP contribution in [0.25, 0.3) is 0 Å². The number of nitrogens with one attached hydrogen (secondary N) is 2. The van der Waals surface area contributed by atoms with Crippen molar-refractivity contribution in [3.05, 3.63) is 35.4 Å². The smallest absolute Gasteiger partial charge is 0.191 e. The van der Waals surface area contributed by atoms with E-state index in [4.69, 9.17) is 19.2 Å². The number of halogens is 1. The molecule has 0 radical (unpaired) electrons. The third-order valence-corrected chi connectivity index (χ3v) is 5.94. The summed E-state index contributed by atoms with van der Waals surface area (Å²) in [6, 6.07) is 8.78. The zero-order valence-corrected chi connectivity index (χ0v) is 22.7. The van der Waals surface area contributed by atoms with E-state index in [-0.39, 0.29) is 24.0 Å². The molecule has 0 spiro atoms. The maximum Gasteiger partial charge on any atom is 0.191 e. The highest BCUT2D eigenvalue weighted by molar-refractivity contribution is 14.0. The molecule has 2 aliphatic rings. The molecule has 2 N–H and O–H groups in total. The summed E-state index contributed by atoms with van der Waals surface area (Å²) in [5.74, 6) is 1.53. The lowest BCUT2D eigenvalue weighted by Crippen LogP contribution is -2.40. The first kappa shape index (κ1) is 28.3. The fourth-order valence-corrected chi connectivity index (χ4v) is 4.17. The lowest BCUT2D eigenvalue weighted by atomic mass is 10.0. The Hall–Kier alpha value is -0.940. The van der Waals surface area contributed by atoms with E-state index >= 15 is 0 Å².